The second-order valence-electron chi connectivity index (χ2n) is 10.2. The van der Waals surface area contributed by atoms with Crippen molar-refractivity contribution in [1.29, 1.82) is 0 Å². The zero-order valence-electron chi connectivity index (χ0n) is 21.2. The summed E-state index contributed by atoms with van der Waals surface area (Å²) in [5.74, 6) is 0.386. The van der Waals surface area contributed by atoms with E-state index in [1.54, 1.807) is 25.4 Å². The van der Waals surface area contributed by atoms with Crippen LogP contribution in [0.2, 0.25) is 5.02 Å². The summed E-state index contributed by atoms with van der Waals surface area (Å²) in [5.41, 5.74) is 1.00. The summed E-state index contributed by atoms with van der Waals surface area (Å²) in [5, 5.41) is 21.5. The van der Waals surface area contributed by atoms with Gasteiger partial charge in [0.15, 0.2) is 0 Å². The van der Waals surface area contributed by atoms with Gasteiger partial charge >= 0.3 is 0 Å². The Bertz CT molecular complexity index is 997. The number of methoxy groups -OCH3 is 1. The molecule has 2 aliphatic rings. The van der Waals surface area contributed by atoms with Crippen LogP contribution >= 0.6 is 11.6 Å². The molecule has 198 valence electrons. The molecule has 0 radical (unpaired) electrons. The van der Waals surface area contributed by atoms with Crippen molar-refractivity contribution in [3.05, 3.63) is 41.3 Å². The number of aliphatic hydroxyl groups is 1. The maximum absolute atomic E-state index is 14.6. The Morgan fingerprint density at radius 2 is 1.92 bits per heavy atom. The lowest BCUT2D eigenvalue weighted by molar-refractivity contribution is -0.0543. The molecule has 0 unspecified atom stereocenters. The summed E-state index contributed by atoms with van der Waals surface area (Å²) in [4.78, 5) is 4.49. The predicted octanol–water partition coefficient (Wildman–Crippen LogP) is 4.84. The molecule has 0 amide bonds. The van der Waals surface area contributed by atoms with Gasteiger partial charge in [-0.25, -0.2) is 9.37 Å². The Morgan fingerprint density at radius 1 is 1.19 bits per heavy atom. The molecule has 4 rings (SSSR count). The van der Waals surface area contributed by atoms with Crippen LogP contribution < -0.4 is 16.0 Å². The lowest BCUT2D eigenvalue weighted by Gasteiger charge is -2.32. The van der Waals surface area contributed by atoms with Crippen LogP contribution in [0.4, 0.5) is 15.9 Å². The van der Waals surface area contributed by atoms with Crippen molar-refractivity contribution in [3.8, 4) is 11.1 Å². The fraction of sp³-hybridized carbons (Fsp3) is 0.593. The fourth-order valence-electron chi connectivity index (χ4n) is 5.07. The van der Waals surface area contributed by atoms with E-state index in [9.17, 15) is 9.50 Å². The third kappa shape index (κ3) is 7.29. The summed E-state index contributed by atoms with van der Waals surface area (Å²) >= 11 is 6.50. The van der Waals surface area contributed by atoms with E-state index in [1.165, 1.54) is 6.07 Å². The van der Waals surface area contributed by atoms with E-state index in [-0.39, 0.29) is 12.4 Å². The standard InChI is InChI=1S/C27H38ClFN4O3/c1-18(16-35-2)32-20-4-6-21(7-5-20)33-26-14-22(23(28)15-30-26)19-3-8-24(29)25(13-19)31-17-27(34)9-11-36-12-10-27/h3,8,13-15,18,20-21,31-32,34H,4-7,9-12,16-17H2,1-2H3,(H,30,33)/t18-,20-,21-/m0/s1. The molecular formula is C27H38ClFN4O3. The Labute approximate surface area is 218 Å². The van der Waals surface area contributed by atoms with Gasteiger partial charge in [-0.05, 0) is 56.4 Å². The van der Waals surface area contributed by atoms with E-state index in [2.05, 4.69) is 27.9 Å². The van der Waals surface area contributed by atoms with Crippen molar-refractivity contribution in [2.75, 3.05) is 44.1 Å². The van der Waals surface area contributed by atoms with Crippen molar-refractivity contribution < 1.29 is 19.0 Å². The van der Waals surface area contributed by atoms with Gasteiger partial charge in [0.1, 0.15) is 11.6 Å². The van der Waals surface area contributed by atoms with Gasteiger partial charge in [0.2, 0.25) is 0 Å². The highest BCUT2D eigenvalue weighted by molar-refractivity contribution is 6.33. The zero-order valence-corrected chi connectivity index (χ0v) is 21.9. The summed E-state index contributed by atoms with van der Waals surface area (Å²) in [6.45, 7) is 4.14. The molecule has 2 fully saturated rings. The van der Waals surface area contributed by atoms with Gasteiger partial charge in [0, 0.05) is 69.6 Å². The molecule has 1 aromatic carbocycles. The van der Waals surface area contributed by atoms with E-state index in [0.29, 0.717) is 61.5 Å². The molecule has 1 aliphatic heterocycles. The number of rotatable bonds is 10. The molecule has 2 aromatic rings. The van der Waals surface area contributed by atoms with Crippen molar-refractivity contribution in [2.45, 2.75) is 69.2 Å². The third-order valence-electron chi connectivity index (χ3n) is 7.18. The number of hydrogen-bond acceptors (Lipinski definition) is 7. The number of nitrogens with zero attached hydrogens (tertiary/aromatic N) is 1. The predicted molar refractivity (Wildman–Crippen MR) is 142 cm³/mol. The SMILES string of the molecule is COC[C@H](C)N[C@H]1CC[C@H](Nc2cc(-c3ccc(F)c(NCC4(O)CCOCC4)c3)c(Cl)cn2)CC1. The van der Waals surface area contributed by atoms with Crippen LogP contribution in [0.3, 0.4) is 0 Å². The monoisotopic (exact) mass is 520 g/mol. The molecule has 9 heteroatoms. The second kappa shape index (κ2) is 12.5. The Hall–Kier alpha value is -1.97. The molecular weight excluding hydrogens is 483 g/mol. The summed E-state index contributed by atoms with van der Waals surface area (Å²) in [6, 6.07) is 8.00. The smallest absolute Gasteiger partial charge is 0.146 e. The normalized spacial score (nSPS) is 22.7. The van der Waals surface area contributed by atoms with Gasteiger partial charge in [-0.1, -0.05) is 17.7 Å². The minimum Gasteiger partial charge on any atom is -0.388 e. The van der Waals surface area contributed by atoms with Crippen LogP contribution in [0.1, 0.15) is 45.4 Å². The van der Waals surface area contributed by atoms with Gasteiger partial charge in [0.25, 0.3) is 0 Å². The van der Waals surface area contributed by atoms with Gasteiger partial charge in [-0.3, -0.25) is 0 Å². The number of aromatic nitrogens is 1. The Balaban J connectivity index is 1.39. The second-order valence-corrected chi connectivity index (χ2v) is 10.6. The largest absolute Gasteiger partial charge is 0.388 e. The molecule has 4 N–H and O–H groups in total. The van der Waals surface area contributed by atoms with Crippen LogP contribution in [-0.4, -0.2) is 67.3 Å². The molecule has 0 bridgehead atoms. The molecule has 1 atom stereocenters. The number of halogens is 2. The highest BCUT2D eigenvalue weighted by Gasteiger charge is 2.30. The van der Waals surface area contributed by atoms with Gasteiger partial charge in [-0.15, -0.1) is 0 Å². The van der Waals surface area contributed by atoms with E-state index in [1.807, 2.05) is 6.07 Å². The van der Waals surface area contributed by atoms with E-state index < -0.39 is 5.60 Å². The van der Waals surface area contributed by atoms with Crippen LogP contribution in [-0.2, 0) is 9.47 Å². The molecule has 0 spiro atoms. The molecule has 2 heterocycles. The molecule has 7 nitrogen and oxygen atoms in total. The first kappa shape index (κ1) is 27.1. The Kier molecular flexibility index (Phi) is 9.41. The molecule has 1 aromatic heterocycles. The number of ether oxygens (including phenoxy) is 2. The average molecular weight is 521 g/mol. The molecule has 1 aliphatic carbocycles. The van der Waals surface area contributed by atoms with Crippen molar-refractivity contribution in [1.82, 2.24) is 10.3 Å². The fourth-order valence-corrected chi connectivity index (χ4v) is 5.28. The van der Waals surface area contributed by atoms with E-state index in [4.69, 9.17) is 21.1 Å². The quantitative estimate of drug-likeness (QED) is 0.356. The molecule has 1 saturated heterocycles. The van der Waals surface area contributed by atoms with Gasteiger partial charge < -0.3 is 30.5 Å². The Morgan fingerprint density at radius 3 is 2.64 bits per heavy atom. The topological polar surface area (TPSA) is 87.7 Å². The number of nitrogens with one attached hydrogen (secondary N) is 3. The minimum atomic E-state index is -0.900. The summed E-state index contributed by atoms with van der Waals surface area (Å²) in [6.07, 6.45) is 6.98. The lowest BCUT2D eigenvalue weighted by Crippen LogP contribution is -2.42. The van der Waals surface area contributed by atoms with Crippen molar-refractivity contribution >= 4 is 23.1 Å². The number of benzene rings is 1. The molecule has 36 heavy (non-hydrogen) atoms. The highest BCUT2D eigenvalue weighted by Crippen LogP contribution is 2.33. The van der Waals surface area contributed by atoms with Gasteiger partial charge in [0.05, 0.1) is 22.9 Å². The highest BCUT2D eigenvalue weighted by atomic mass is 35.5. The van der Waals surface area contributed by atoms with Crippen LogP contribution in [0.15, 0.2) is 30.5 Å². The minimum absolute atomic E-state index is 0.259. The van der Waals surface area contributed by atoms with E-state index >= 15 is 0 Å². The maximum Gasteiger partial charge on any atom is 0.146 e. The first-order chi connectivity index (χ1) is 17.3. The lowest BCUT2D eigenvalue weighted by atomic mass is 9.90. The number of hydrogen-bond donors (Lipinski definition) is 4. The zero-order chi connectivity index (χ0) is 25.5. The summed E-state index contributed by atoms with van der Waals surface area (Å²) < 4.78 is 25.1. The first-order valence-corrected chi connectivity index (χ1v) is 13.2. The van der Waals surface area contributed by atoms with Crippen LogP contribution in [0.25, 0.3) is 11.1 Å². The van der Waals surface area contributed by atoms with Gasteiger partial charge in [-0.2, -0.15) is 0 Å². The summed E-state index contributed by atoms with van der Waals surface area (Å²) in [7, 11) is 1.73. The first-order valence-electron chi connectivity index (χ1n) is 12.9. The molecule has 1 saturated carbocycles. The third-order valence-corrected chi connectivity index (χ3v) is 7.48. The number of anilines is 2. The average Bonchev–Trinajstić information content (AvgIpc) is 2.87. The number of pyridine rings is 1. The maximum atomic E-state index is 14.6. The van der Waals surface area contributed by atoms with Crippen molar-refractivity contribution in [2.24, 2.45) is 0 Å². The van der Waals surface area contributed by atoms with Crippen LogP contribution in [0.5, 0.6) is 0 Å². The van der Waals surface area contributed by atoms with Crippen molar-refractivity contribution in [3.63, 3.8) is 0 Å². The van der Waals surface area contributed by atoms with E-state index in [0.717, 1.165) is 42.6 Å². The van der Waals surface area contributed by atoms with Crippen LogP contribution in [0, 0.1) is 5.82 Å².